The van der Waals surface area contributed by atoms with Gasteiger partial charge in [-0.1, -0.05) is 56.2 Å². The van der Waals surface area contributed by atoms with E-state index in [9.17, 15) is 14.7 Å². The highest BCUT2D eigenvalue weighted by Gasteiger charge is 2.48. The number of nitrogens with zero attached hydrogens (tertiary/aromatic N) is 5. The molecule has 3 heterocycles. The van der Waals surface area contributed by atoms with E-state index < -0.39 is 29.0 Å². The molecule has 2 aromatic heterocycles. The Labute approximate surface area is 232 Å². The largest absolute Gasteiger partial charge is 0.391 e. The number of nitrogens with one attached hydrogen (secondary N) is 1. The van der Waals surface area contributed by atoms with Crippen LogP contribution in [0.5, 0.6) is 0 Å². The predicted molar refractivity (Wildman–Crippen MR) is 149 cm³/mol. The maximum atomic E-state index is 14.0. The number of β-amino-alcohol motifs (C(OH)–C–C–N with tert-alkyl or cyclic N) is 1. The minimum Gasteiger partial charge on any atom is -0.391 e. The van der Waals surface area contributed by atoms with Crippen LogP contribution in [0.15, 0.2) is 36.0 Å². The molecule has 0 radical (unpaired) electrons. The summed E-state index contributed by atoms with van der Waals surface area (Å²) in [7, 11) is 0. The van der Waals surface area contributed by atoms with E-state index in [0.29, 0.717) is 12.2 Å². The van der Waals surface area contributed by atoms with Crippen LogP contribution >= 0.6 is 11.3 Å². The predicted octanol–water partition coefficient (Wildman–Crippen LogP) is 3.24. The van der Waals surface area contributed by atoms with Crippen LogP contribution < -0.4 is 5.32 Å². The van der Waals surface area contributed by atoms with E-state index >= 15 is 0 Å². The Morgan fingerprint density at radius 1 is 1.28 bits per heavy atom. The summed E-state index contributed by atoms with van der Waals surface area (Å²) in [5.74, 6) is 2.25. The van der Waals surface area contributed by atoms with Crippen LogP contribution in [0.25, 0.3) is 10.4 Å². The Balaban J connectivity index is 1.29. The molecule has 1 saturated heterocycles. The van der Waals surface area contributed by atoms with Gasteiger partial charge in [0, 0.05) is 19.5 Å². The van der Waals surface area contributed by atoms with E-state index in [1.54, 1.807) is 22.2 Å². The molecule has 1 aromatic carbocycles. The SMILES string of the molecule is C#CC1(c2cn(C(C(=O)N3C[C@H](O)C[C@H]3C(=O)NCc3ccc(-c4scnc4C)cc3)C(C)(C)C)nn2)CC1. The highest BCUT2D eigenvalue weighted by molar-refractivity contribution is 7.13. The summed E-state index contributed by atoms with van der Waals surface area (Å²) < 4.78 is 1.57. The zero-order valence-electron chi connectivity index (χ0n) is 22.7. The van der Waals surface area contributed by atoms with Crippen molar-refractivity contribution in [2.75, 3.05) is 6.54 Å². The molecule has 39 heavy (non-hydrogen) atoms. The number of rotatable bonds is 7. The normalized spacial score (nSPS) is 20.9. The molecule has 1 unspecified atom stereocenters. The fraction of sp³-hybridized carbons (Fsp3) is 0.483. The molecule has 0 bridgehead atoms. The lowest BCUT2D eigenvalue weighted by Crippen LogP contribution is -2.50. The Hall–Kier alpha value is -3.55. The van der Waals surface area contributed by atoms with Crippen molar-refractivity contribution in [3.63, 3.8) is 0 Å². The number of aromatic nitrogens is 4. The molecule has 3 atom stereocenters. The number of carbonyl (C=O) groups is 2. The number of terminal acetylenes is 1. The Bertz CT molecular complexity index is 1410. The van der Waals surface area contributed by atoms with E-state index in [1.165, 1.54) is 4.90 Å². The van der Waals surface area contributed by atoms with Crippen LogP contribution in [-0.4, -0.2) is 60.5 Å². The van der Waals surface area contributed by atoms with Crippen molar-refractivity contribution in [2.24, 2.45) is 5.41 Å². The van der Waals surface area contributed by atoms with Crippen molar-refractivity contribution in [1.82, 2.24) is 30.2 Å². The molecule has 1 aliphatic carbocycles. The lowest BCUT2D eigenvalue weighted by Gasteiger charge is -2.34. The standard InChI is InChI=1S/C29H34N6O3S/c1-6-29(11-12-29)23-16-35(33-32-23)25(28(3,4)5)27(38)34-15-21(36)13-22(34)26(37)30-14-19-7-9-20(10-8-19)24-18(2)31-17-39-24/h1,7-10,16-17,21-22,25,36H,11-15H2,2-5H3,(H,30,37)/t21-,22+,25?/m1/s1. The van der Waals surface area contributed by atoms with E-state index in [1.807, 2.05) is 57.5 Å². The highest BCUT2D eigenvalue weighted by Crippen LogP contribution is 2.47. The first-order valence-electron chi connectivity index (χ1n) is 13.2. The molecular weight excluding hydrogens is 512 g/mol. The monoisotopic (exact) mass is 546 g/mol. The Morgan fingerprint density at radius 3 is 2.59 bits per heavy atom. The summed E-state index contributed by atoms with van der Waals surface area (Å²) in [4.78, 5) is 34.2. The molecule has 2 N–H and O–H groups in total. The van der Waals surface area contributed by atoms with Crippen molar-refractivity contribution in [3.05, 3.63) is 52.9 Å². The molecule has 204 valence electrons. The minimum atomic E-state index is -0.783. The average Bonchev–Trinajstić information content (AvgIpc) is 3.18. The number of likely N-dealkylation sites (tertiary alicyclic amines) is 1. The molecule has 1 aliphatic heterocycles. The van der Waals surface area contributed by atoms with Gasteiger partial charge in [-0.3, -0.25) is 9.59 Å². The summed E-state index contributed by atoms with van der Waals surface area (Å²) in [6.45, 7) is 8.23. The van der Waals surface area contributed by atoms with Gasteiger partial charge in [0.05, 0.1) is 33.8 Å². The number of aryl methyl sites for hydroxylation is 1. The van der Waals surface area contributed by atoms with Crippen molar-refractivity contribution in [1.29, 1.82) is 0 Å². The smallest absolute Gasteiger partial charge is 0.248 e. The summed E-state index contributed by atoms with van der Waals surface area (Å²) >= 11 is 1.59. The van der Waals surface area contributed by atoms with Crippen LogP contribution in [0.3, 0.4) is 0 Å². The number of hydrogen-bond donors (Lipinski definition) is 2. The van der Waals surface area contributed by atoms with Crippen LogP contribution in [0.4, 0.5) is 0 Å². The second kappa shape index (κ2) is 10.2. The maximum absolute atomic E-state index is 14.0. The number of amides is 2. The number of carbonyl (C=O) groups excluding carboxylic acids is 2. The van der Waals surface area contributed by atoms with Crippen LogP contribution in [0.1, 0.15) is 63.0 Å². The molecule has 2 amide bonds. The molecule has 1 saturated carbocycles. The number of thiazole rings is 1. The van der Waals surface area contributed by atoms with Crippen LogP contribution in [0.2, 0.25) is 0 Å². The number of benzene rings is 1. The van der Waals surface area contributed by atoms with Crippen LogP contribution in [-0.2, 0) is 21.5 Å². The minimum absolute atomic E-state index is 0.0856. The zero-order valence-corrected chi connectivity index (χ0v) is 23.5. The van der Waals surface area contributed by atoms with E-state index in [4.69, 9.17) is 6.42 Å². The van der Waals surface area contributed by atoms with Gasteiger partial charge in [0.15, 0.2) is 0 Å². The lowest BCUT2D eigenvalue weighted by molar-refractivity contribution is -0.144. The van der Waals surface area contributed by atoms with Crippen LogP contribution in [0, 0.1) is 24.7 Å². The summed E-state index contributed by atoms with van der Waals surface area (Å²) in [5.41, 5.74) is 4.61. The first kappa shape index (κ1) is 27.0. The van der Waals surface area contributed by atoms with E-state index in [-0.39, 0.29) is 24.8 Å². The first-order chi connectivity index (χ1) is 18.5. The quantitative estimate of drug-likeness (QED) is 0.440. The fourth-order valence-corrected chi connectivity index (χ4v) is 6.04. The molecule has 9 nitrogen and oxygen atoms in total. The maximum Gasteiger partial charge on any atom is 0.248 e. The van der Waals surface area contributed by atoms with E-state index in [0.717, 1.165) is 34.5 Å². The third-order valence-electron chi connectivity index (χ3n) is 7.64. The van der Waals surface area contributed by atoms with E-state index in [2.05, 4.69) is 26.5 Å². The van der Waals surface area contributed by atoms with Gasteiger partial charge in [-0.25, -0.2) is 9.67 Å². The molecular formula is C29H34N6O3S. The number of aliphatic hydroxyl groups is 1. The highest BCUT2D eigenvalue weighted by atomic mass is 32.1. The topological polar surface area (TPSA) is 113 Å². The van der Waals surface area contributed by atoms with Gasteiger partial charge in [-0.2, -0.15) is 0 Å². The van der Waals surface area contributed by atoms with Crippen molar-refractivity contribution < 1.29 is 14.7 Å². The number of hydrogen-bond acceptors (Lipinski definition) is 7. The number of aliphatic hydroxyl groups excluding tert-OH is 1. The summed E-state index contributed by atoms with van der Waals surface area (Å²) in [6, 6.07) is 6.49. The van der Waals surface area contributed by atoms with Gasteiger partial charge >= 0.3 is 0 Å². The molecule has 0 spiro atoms. The molecule has 10 heteroatoms. The molecule has 5 rings (SSSR count). The third kappa shape index (κ3) is 5.34. The Kier molecular flexibility index (Phi) is 7.08. The molecule has 2 fully saturated rings. The van der Waals surface area contributed by atoms with Crippen molar-refractivity contribution in [3.8, 4) is 22.8 Å². The molecule has 2 aliphatic rings. The zero-order chi connectivity index (χ0) is 27.9. The second-order valence-corrected chi connectivity index (χ2v) is 12.5. The summed E-state index contributed by atoms with van der Waals surface area (Å²) in [5, 5.41) is 22.0. The Morgan fingerprint density at radius 2 is 2.00 bits per heavy atom. The summed E-state index contributed by atoms with van der Waals surface area (Å²) in [6.07, 6.45) is 8.59. The molecule has 3 aromatic rings. The fourth-order valence-electron chi connectivity index (χ4n) is 5.22. The third-order valence-corrected chi connectivity index (χ3v) is 8.62. The van der Waals surface area contributed by atoms with Gasteiger partial charge in [0.25, 0.3) is 0 Å². The van der Waals surface area contributed by atoms with Crippen molar-refractivity contribution >= 4 is 23.2 Å². The first-order valence-corrected chi connectivity index (χ1v) is 14.1. The van der Waals surface area contributed by atoms with Gasteiger partial charge in [0.1, 0.15) is 17.8 Å². The van der Waals surface area contributed by atoms with Crippen molar-refractivity contribution in [2.45, 2.75) is 77.1 Å². The average molecular weight is 547 g/mol. The second-order valence-electron chi connectivity index (χ2n) is 11.7. The van der Waals surface area contributed by atoms with Gasteiger partial charge in [0.2, 0.25) is 11.8 Å². The lowest BCUT2D eigenvalue weighted by atomic mass is 9.85. The van der Waals surface area contributed by atoms with Gasteiger partial charge < -0.3 is 15.3 Å². The van der Waals surface area contributed by atoms with Gasteiger partial charge in [-0.05, 0) is 36.3 Å². The van der Waals surface area contributed by atoms with Gasteiger partial charge in [-0.15, -0.1) is 22.9 Å².